The van der Waals surface area contributed by atoms with Gasteiger partial charge in [0.2, 0.25) is 0 Å². The van der Waals surface area contributed by atoms with E-state index in [9.17, 15) is 4.79 Å². The predicted octanol–water partition coefficient (Wildman–Crippen LogP) is 3.81. The summed E-state index contributed by atoms with van der Waals surface area (Å²) in [5, 5.41) is 0. The number of halogens is 1. The molecular formula is C14H20ClNOS. The normalized spacial score (nSPS) is 19.4. The number of carbonyl (C=O) groups is 1. The Balaban J connectivity index is 2.08. The van der Waals surface area contributed by atoms with Gasteiger partial charge < -0.3 is 5.73 Å². The first-order valence-corrected chi connectivity index (χ1v) is 7.83. The fourth-order valence-electron chi connectivity index (χ4n) is 2.79. The van der Waals surface area contributed by atoms with Crippen molar-refractivity contribution in [2.45, 2.75) is 44.9 Å². The average Bonchev–Trinajstić information content (AvgIpc) is 2.65. The van der Waals surface area contributed by atoms with Crippen molar-refractivity contribution in [1.29, 1.82) is 0 Å². The lowest BCUT2D eigenvalue weighted by Crippen LogP contribution is -2.39. The van der Waals surface area contributed by atoms with Gasteiger partial charge in [0.15, 0.2) is 0 Å². The number of nitrogens with two attached hydrogens (primary N) is 1. The molecule has 100 valence electrons. The lowest BCUT2D eigenvalue weighted by atomic mass is 9.75. The molecule has 4 heteroatoms. The average molecular weight is 286 g/mol. The number of hydrogen-bond donors (Lipinski definition) is 1. The third kappa shape index (κ3) is 3.14. The molecule has 0 saturated heterocycles. The highest BCUT2D eigenvalue weighted by Crippen LogP contribution is 2.36. The first-order chi connectivity index (χ1) is 8.66. The summed E-state index contributed by atoms with van der Waals surface area (Å²) < 4.78 is 0.750. The fourth-order valence-corrected chi connectivity index (χ4v) is 3.88. The van der Waals surface area contributed by atoms with Crippen LogP contribution in [0.3, 0.4) is 0 Å². The number of rotatable bonds is 4. The first kappa shape index (κ1) is 14.0. The van der Waals surface area contributed by atoms with Crippen LogP contribution in [0.25, 0.3) is 0 Å². The van der Waals surface area contributed by atoms with Crippen LogP contribution in [0.15, 0.2) is 12.1 Å². The van der Waals surface area contributed by atoms with E-state index in [0.29, 0.717) is 18.7 Å². The van der Waals surface area contributed by atoms with Gasteiger partial charge in [-0.3, -0.25) is 4.79 Å². The summed E-state index contributed by atoms with van der Waals surface area (Å²) in [7, 11) is 0. The molecule has 0 aromatic carbocycles. The van der Waals surface area contributed by atoms with Crippen LogP contribution in [-0.2, 0) is 11.2 Å². The zero-order chi connectivity index (χ0) is 13.0. The summed E-state index contributed by atoms with van der Waals surface area (Å²) >= 11 is 7.41. The van der Waals surface area contributed by atoms with Gasteiger partial charge in [0, 0.05) is 23.3 Å². The van der Waals surface area contributed by atoms with Crippen LogP contribution < -0.4 is 5.73 Å². The van der Waals surface area contributed by atoms with Gasteiger partial charge in [-0.15, -0.1) is 11.3 Å². The molecule has 0 radical (unpaired) electrons. The van der Waals surface area contributed by atoms with E-state index >= 15 is 0 Å². The van der Waals surface area contributed by atoms with Gasteiger partial charge in [0.05, 0.1) is 4.34 Å². The molecule has 0 atom stereocenters. The van der Waals surface area contributed by atoms with Gasteiger partial charge in [0.25, 0.3) is 0 Å². The summed E-state index contributed by atoms with van der Waals surface area (Å²) in [5.74, 6) is 0.311. The molecule has 18 heavy (non-hydrogen) atoms. The molecule has 1 heterocycles. The van der Waals surface area contributed by atoms with Crippen LogP contribution in [-0.4, -0.2) is 12.3 Å². The van der Waals surface area contributed by atoms with Gasteiger partial charge in [-0.05, 0) is 25.0 Å². The highest BCUT2D eigenvalue weighted by atomic mass is 35.5. The van der Waals surface area contributed by atoms with Gasteiger partial charge >= 0.3 is 0 Å². The van der Waals surface area contributed by atoms with Crippen LogP contribution in [0.4, 0.5) is 0 Å². The van der Waals surface area contributed by atoms with Gasteiger partial charge in [-0.1, -0.05) is 37.3 Å². The molecule has 1 saturated carbocycles. The standard InChI is InChI=1S/C14H20ClNOS/c15-13-6-5-11(18-13)9-12(17)14(10-16)7-3-1-2-4-8-14/h5-6H,1-4,7-10,16H2. The second kappa shape index (κ2) is 6.18. The molecule has 2 rings (SSSR count). The molecule has 0 bridgehead atoms. The molecule has 0 amide bonds. The Morgan fingerprint density at radius 1 is 1.28 bits per heavy atom. The molecule has 1 aliphatic rings. The molecule has 1 aromatic rings. The van der Waals surface area contributed by atoms with Crippen molar-refractivity contribution in [2.24, 2.45) is 11.1 Å². The first-order valence-electron chi connectivity index (χ1n) is 6.64. The zero-order valence-corrected chi connectivity index (χ0v) is 12.2. The van der Waals surface area contributed by atoms with E-state index in [1.807, 2.05) is 12.1 Å². The number of carbonyl (C=O) groups excluding carboxylic acids is 1. The number of Topliss-reactive ketones (excluding diaryl/α,β-unsaturated/α-hetero) is 1. The fraction of sp³-hybridized carbons (Fsp3) is 0.643. The Labute approximate surface area is 118 Å². The lowest BCUT2D eigenvalue weighted by Gasteiger charge is -2.29. The molecule has 0 aliphatic heterocycles. The Hall–Kier alpha value is -0.380. The minimum Gasteiger partial charge on any atom is -0.329 e. The molecule has 1 fully saturated rings. The molecule has 2 nitrogen and oxygen atoms in total. The number of hydrogen-bond acceptors (Lipinski definition) is 3. The van der Waals surface area contributed by atoms with E-state index < -0.39 is 0 Å². The van der Waals surface area contributed by atoms with E-state index in [1.54, 1.807) is 0 Å². The van der Waals surface area contributed by atoms with Gasteiger partial charge in [-0.25, -0.2) is 0 Å². The van der Waals surface area contributed by atoms with E-state index in [0.717, 1.165) is 34.9 Å². The van der Waals surface area contributed by atoms with Gasteiger partial charge in [-0.2, -0.15) is 0 Å². The second-order valence-electron chi connectivity index (χ2n) is 5.20. The van der Waals surface area contributed by atoms with E-state index in [1.165, 1.54) is 24.2 Å². The summed E-state index contributed by atoms with van der Waals surface area (Å²) in [6.07, 6.45) is 7.15. The maximum atomic E-state index is 12.6. The lowest BCUT2D eigenvalue weighted by molar-refractivity contribution is -0.128. The largest absolute Gasteiger partial charge is 0.329 e. The van der Waals surface area contributed by atoms with Crippen molar-refractivity contribution in [1.82, 2.24) is 0 Å². The summed E-state index contributed by atoms with van der Waals surface area (Å²) in [6.45, 7) is 0.491. The Morgan fingerprint density at radius 3 is 2.44 bits per heavy atom. The van der Waals surface area contributed by atoms with Crippen LogP contribution >= 0.6 is 22.9 Å². The monoisotopic (exact) mass is 285 g/mol. The number of thiophene rings is 1. The maximum absolute atomic E-state index is 12.6. The maximum Gasteiger partial charge on any atom is 0.145 e. The summed E-state index contributed by atoms with van der Waals surface area (Å²) in [5.41, 5.74) is 5.65. The van der Waals surface area contributed by atoms with Crippen molar-refractivity contribution in [2.75, 3.05) is 6.54 Å². The zero-order valence-electron chi connectivity index (χ0n) is 10.6. The smallest absolute Gasteiger partial charge is 0.145 e. The van der Waals surface area contributed by atoms with Crippen molar-refractivity contribution >= 4 is 28.7 Å². The van der Waals surface area contributed by atoms with Crippen LogP contribution in [0.2, 0.25) is 4.34 Å². The Bertz CT molecular complexity index is 408. The molecule has 0 unspecified atom stereocenters. The summed E-state index contributed by atoms with van der Waals surface area (Å²) in [4.78, 5) is 13.6. The molecule has 1 aliphatic carbocycles. The van der Waals surface area contributed by atoms with Crippen molar-refractivity contribution in [3.8, 4) is 0 Å². The van der Waals surface area contributed by atoms with Crippen molar-refractivity contribution in [3.63, 3.8) is 0 Å². The third-order valence-corrected chi connectivity index (χ3v) is 5.24. The third-order valence-electron chi connectivity index (χ3n) is 4.01. The summed E-state index contributed by atoms with van der Waals surface area (Å²) in [6, 6.07) is 3.81. The highest BCUT2D eigenvalue weighted by Gasteiger charge is 2.36. The Kier molecular flexibility index (Phi) is 4.82. The van der Waals surface area contributed by atoms with E-state index in [2.05, 4.69) is 0 Å². The topological polar surface area (TPSA) is 43.1 Å². The van der Waals surface area contributed by atoms with E-state index in [4.69, 9.17) is 17.3 Å². The second-order valence-corrected chi connectivity index (χ2v) is 7.00. The van der Waals surface area contributed by atoms with Crippen molar-refractivity contribution in [3.05, 3.63) is 21.3 Å². The highest BCUT2D eigenvalue weighted by molar-refractivity contribution is 7.16. The van der Waals surface area contributed by atoms with Crippen LogP contribution in [0.5, 0.6) is 0 Å². The molecule has 2 N–H and O–H groups in total. The minimum atomic E-state index is -0.271. The minimum absolute atomic E-state index is 0.271. The number of ketones is 1. The quantitative estimate of drug-likeness (QED) is 0.855. The molecular weight excluding hydrogens is 266 g/mol. The van der Waals surface area contributed by atoms with Crippen molar-refractivity contribution < 1.29 is 4.79 Å². The van der Waals surface area contributed by atoms with Crippen LogP contribution in [0, 0.1) is 5.41 Å². The SMILES string of the molecule is NCC1(C(=O)Cc2ccc(Cl)s2)CCCCCC1. The predicted molar refractivity (Wildman–Crippen MR) is 77.2 cm³/mol. The molecule has 0 spiro atoms. The van der Waals surface area contributed by atoms with Crippen LogP contribution in [0.1, 0.15) is 43.4 Å². The molecule has 1 aromatic heterocycles. The van der Waals surface area contributed by atoms with Gasteiger partial charge in [0.1, 0.15) is 5.78 Å². The van der Waals surface area contributed by atoms with E-state index in [-0.39, 0.29) is 5.41 Å². The Morgan fingerprint density at radius 2 is 1.94 bits per heavy atom.